The van der Waals surface area contributed by atoms with Crippen LogP contribution in [0.3, 0.4) is 0 Å². The van der Waals surface area contributed by atoms with Crippen LogP contribution in [0.2, 0.25) is 5.02 Å². The average Bonchev–Trinajstić information content (AvgIpc) is 3.01. The van der Waals surface area contributed by atoms with Crippen LogP contribution in [-0.2, 0) is 0 Å². The molecule has 1 aromatic heterocycles. The normalized spacial score (nSPS) is 10.8. The number of carbonyl (C=O) groups is 1. The van der Waals surface area contributed by atoms with E-state index in [0.29, 0.717) is 20.1 Å². The Morgan fingerprint density at radius 3 is 2.38 bits per heavy atom. The van der Waals surface area contributed by atoms with Gasteiger partial charge in [-0.1, -0.05) is 66.2 Å². The van der Waals surface area contributed by atoms with Gasteiger partial charge in [-0.15, -0.1) is 11.3 Å². The number of benzene rings is 3. The molecule has 0 saturated heterocycles. The van der Waals surface area contributed by atoms with E-state index < -0.39 is 5.97 Å². The van der Waals surface area contributed by atoms with Gasteiger partial charge < -0.3 is 4.74 Å². The number of carbonyl (C=O) groups excluding carboxylic acids is 1. The van der Waals surface area contributed by atoms with Crippen LogP contribution in [0.5, 0.6) is 5.75 Å². The predicted octanol–water partition coefficient (Wildman–Crippen LogP) is 7.20. The number of hydrogen-bond acceptors (Lipinski definition) is 3. The lowest BCUT2D eigenvalue weighted by atomic mass is 10.1. The van der Waals surface area contributed by atoms with Crippen molar-refractivity contribution in [3.63, 3.8) is 0 Å². The van der Waals surface area contributed by atoms with Crippen molar-refractivity contribution in [2.45, 2.75) is 0 Å². The zero-order chi connectivity index (χ0) is 18.1. The van der Waals surface area contributed by atoms with Gasteiger partial charge >= 0.3 is 5.97 Å². The maximum absolute atomic E-state index is 12.6. The molecule has 0 atom stereocenters. The molecule has 1 heterocycles. The molecule has 26 heavy (non-hydrogen) atoms. The highest BCUT2D eigenvalue weighted by molar-refractivity contribution is 9.10. The molecule has 0 fully saturated rings. The summed E-state index contributed by atoms with van der Waals surface area (Å²) in [6, 6.07) is 23.3. The molecule has 5 heteroatoms. The van der Waals surface area contributed by atoms with Gasteiger partial charge in [-0.3, -0.25) is 0 Å². The van der Waals surface area contributed by atoms with Gasteiger partial charge in [-0.2, -0.15) is 0 Å². The maximum Gasteiger partial charge on any atom is 0.355 e. The van der Waals surface area contributed by atoms with Gasteiger partial charge in [0, 0.05) is 10.1 Å². The number of ether oxygens (including phenoxy) is 1. The molecule has 0 aliphatic rings. The molecule has 4 rings (SSSR count). The highest BCUT2D eigenvalue weighted by Gasteiger charge is 2.20. The molecule has 3 aromatic carbocycles. The molecular weight excluding hydrogens is 432 g/mol. The Bertz CT molecular complexity index is 1110. The van der Waals surface area contributed by atoms with Crippen molar-refractivity contribution in [3.05, 3.63) is 87.2 Å². The van der Waals surface area contributed by atoms with E-state index in [0.717, 1.165) is 21.2 Å². The monoisotopic (exact) mass is 442 g/mol. The summed E-state index contributed by atoms with van der Waals surface area (Å²) in [5.41, 5.74) is 2.13. The number of thiophene rings is 1. The Kier molecular flexibility index (Phi) is 4.81. The summed E-state index contributed by atoms with van der Waals surface area (Å²) in [6.07, 6.45) is 0. The van der Waals surface area contributed by atoms with Crippen LogP contribution in [0.15, 0.2) is 77.3 Å². The van der Waals surface area contributed by atoms with Crippen LogP contribution in [0.25, 0.3) is 21.2 Å². The molecule has 4 aromatic rings. The third-order valence-corrected chi connectivity index (χ3v) is 6.24. The van der Waals surface area contributed by atoms with Gasteiger partial charge in [0.25, 0.3) is 0 Å². The molecular formula is C21H12BrClO2S. The number of esters is 1. The fraction of sp³-hybridized carbons (Fsp3) is 0. The molecule has 0 spiro atoms. The van der Waals surface area contributed by atoms with Gasteiger partial charge in [0.1, 0.15) is 10.6 Å². The van der Waals surface area contributed by atoms with E-state index >= 15 is 0 Å². The smallest absolute Gasteiger partial charge is 0.355 e. The van der Waals surface area contributed by atoms with Crippen LogP contribution >= 0.6 is 38.9 Å². The quantitative estimate of drug-likeness (QED) is 0.247. The first-order valence-corrected chi connectivity index (χ1v) is 9.86. The van der Waals surface area contributed by atoms with Gasteiger partial charge in [0.2, 0.25) is 0 Å². The second-order valence-corrected chi connectivity index (χ2v) is 7.93. The average molecular weight is 444 g/mol. The molecule has 0 aliphatic carbocycles. The minimum atomic E-state index is -0.454. The van der Waals surface area contributed by atoms with Crippen molar-refractivity contribution in [1.29, 1.82) is 0 Å². The molecule has 0 amide bonds. The summed E-state index contributed by atoms with van der Waals surface area (Å²) < 4.78 is 7.25. The maximum atomic E-state index is 12.6. The number of hydrogen-bond donors (Lipinski definition) is 0. The Labute approximate surface area is 168 Å². The van der Waals surface area contributed by atoms with E-state index in [1.54, 1.807) is 6.07 Å². The van der Waals surface area contributed by atoms with E-state index in [9.17, 15) is 4.79 Å². The van der Waals surface area contributed by atoms with Crippen molar-refractivity contribution in [2.24, 2.45) is 0 Å². The van der Waals surface area contributed by atoms with E-state index in [-0.39, 0.29) is 0 Å². The van der Waals surface area contributed by atoms with Gasteiger partial charge in [0.05, 0.1) is 9.50 Å². The first-order chi connectivity index (χ1) is 12.6. The standard InChI is InChI=1S/C21H12BrClO2S/c22-16-12-14(13-6-2-1-3-7-13)10-11-17(16)25-21(24)20-19(23)15-8-4-5-9-18(15)26-20/h1-12H. The summed E-state index contributed by atoms with van der Waals surface area (Å²) in [7, 11) is 0. The second kappa shape index (κ2) is 7.23. The topological polar surface area (TPSA) is 26.3 Å². The summed E-state index contributed by atoms with van der Waals surface area (Å²) >= 11 is 11.2. The Morgan fingerprint density at radius 2 is 1.65 bits per heavy atom. The molecule has 2 nitrogen and oxygen atoms in total. The van der Waals surface area contributed by atoms with E-state index in [1.165, 1.54) is 11.3 Å². The van der Waals surface area contributed by atoms with Gasteiger partial charge in [-0.05, 0) is 45.3 Å². The third kappa shape index (κ3) is 3.28. The SMILES string of the molecule is O=C(Oc1ccc(-c2ccccc2)cc1Br)c1sc2ccccc2c1Cl. The van der Waals surface area contributed by atoms with Crippen LogP contribution < -0.4 is 4.74 Å². The van der Waals surface area contributed by atoms with Crippen LogP contribution in [0, 0.1) is 0 Å². The molecule has 0 N–H and O–H groups in total. The Hall–Kier alpha value is -2.14. The van der Waals surface area contributed by atoms with E-state index in [1.807, 2.05) is 66.7 Å². The highest BCUT2D eigenvalue weighted by Crippen LogP contribution is 2.37. The van der Waals surface area contributed by atoms with Crippen molar-refractivity contribution in [3.8, 4) is 16.9 Å². The summed E-state index contributed by atoms with van der Waals surface area (Å²) in [5.74, 6) is 0.00700. The van der Waals surface area contributed by atoms with E-state index in [4.69, 9.17) is 16.3 Å². The van der Waals surface area contributed by atoms with Crippen LogP contribution in [0.1, 0.15) is 9.67 Å². The molecule has 0 radical (unpaired) electrons. The van der Waals surface area contributed by atoms with Crippen LogP contribution in [-0.4, -0.2) is 5.97 Å². The minimum Gasteiger partial charge on any atom is -0.421 e. The fourth-order valence-electron chi connectivity index (χ4n) is 2.69. The number of fused-ring (bicyclic) bond motifs is 1. The Balaban J connectivity index is 1.62. The summed E-state index contributed by atoms with van der Waals surface area (Å²) in [5, 5.41) is 1.30. The molecule has 0 saturated carbocycles. The highest BCUT2D eigenvalue weighted by atomic mass is 79.9. The second-order valence-electron chi connectivity index (χ2n) is 5.64. The predicted molar refractivity (Wildman–Crippen MR) is 111 cm³/mol. The number of rotatable bonds is 3. The lowest BCUT2D eigenvalue weighted by Gasteiger charge is -2.08. The first-order valence-electron chi connectivity index (χ1n) is 7.87. The van der Waals surface area contributed by atoms with Crippen molar-refractivity contribution in [1.82, 2.24) is 0 Å². The van der Waals surface area contributed by atoms with Gasteiger partial charge in [-0.25, -0.2) is 4.79 Å². The molecule has 0 bridgehead atoms. The molecule has 0 aliphatic heterocycles. The first kappa shape index (κ1) is 17.3. The van der Waals surface area contributed by atoms with Crippen LogP contribution in [0.4, 0.5) is 0 Å². The summed E-state index contributed by atoms with van der Waals surface area (Å²) in [4.78, 5) is 13.0. The number of halogens is 2. The Morgan fingerprint density at radius 1 is 0.923 bits per heavy atom. The van der Waals surface area contributed by atoms with Gasteiger partial charge in [0.15, 0.2) is 0 Å². The van der Waals surface area contributed by atoms with E-state index in [2.05, 4.69) is 15.9 Å². The molecule has 0 unspecified atom stereocenters. The van der Waals surface area contributed by atoms with Crippen molar-refractivity contribution in [2.75, 3.05) is 0 Å². The zero-order valence-corrected chi connectivity index (χ0v) is 16.6. The minimum absolute atomic E-state index is 0.409. The summed E-state index contributed by atoms with van der Waals surface area (Å²) in [6.45, 7) is 0. The lowest BCUT2D eigenvalue weighted by Crippen LogP contribution is -2.07. The molecule has 128 valence electrons. The zero-order valence-electron chi connectivity index (χ0n) is 13.4. The van der Waals surface area contributed by atoms with Crippen molar-refractivity contribution < 1.29 is 9.53 Å². The third-order valence-electron chi connectivity index (χ3n) is 3.96. The fourth-order valence-corrected chi connectivity index (χ4v) is 4.53. The van der Waals surface area contributed by atoms with Crippen molar-refractivity contribution >= 4 is 54.9 Å². The lowest BCUT2D eigenvalue weighted by molar-refractivity contribution is 0.0739. The largest absolute Gasteiger partial charge is 0.421 e.